The molecule has 2 rings (SSSR count). The average molecular weight is 219 g/mol. The van der Waals surface area contributed by atoms with Crippen LogP contribution in [0.15, 0.2) is 0 Å². The molecule has 88 valence electrons. The van der Waals surface area contributed by atoms with E-state index in [0.29, 0.717) is 24.7 Å². The van der Waals surface area contributed by atoms with E-state index in [-0.39, 0.29) is 19.4 Å². The lowest BCUT2D eigenvalue weighted by Gasteiger charge is -2.41. The van der Waals surface area contributed by atoms with Crippen molar-refractivity contribution in [1.29, 1.82) is 0 Å². The summed E-state index contributed by atoms with van der Waals surface area (Å²) in [6, 6.07) is 0. The number of hydrogen-bond acceptors (Lipinski definition) is 2. The molecule has 2 nitrogen and oxygen atoms in total. The highest BCUT2D eigenvalue weighted by Gasteiger charge is 2.36. The maximum Gasteiger partial charge on any atom is 0.248 e. The summed E-state index contributed by atoms with van der Waals surface area (Å²) in [5.41, 5.74) is 0. The molecule has 1 saturated carbocycles. The first-order valence-corrected chi connectivity index (χ1v) is 5.80. The zero-order valence-corrected chi connectivity index (χ0v) is 8.96. The number of aliphatic hydroxyl groups is 1. The summed E-state index contributed by atoms with van der Waals surface area (Å²) in [4.78, 5) is 2.27. The molecule has 0 amide bonds. The van der Waals surface area contributed by atoms with Gasteiger partial charge in [-0.05, 0) is 18.8 Å². The van der Waals surface area contributed by atoms with E-state index < -0.39 is 5.92 Å². The van der Waals surface area contributed by atoms with E-state index in [0.717, 1.165) is 19.6 Å². The predicted molar refractivity (Wildman–Crippen MR) is 53.9 cm³/mol. The Balaban J connectivity index is 1.65. The topological polar surface area (TPSA) is 23.5 Å². The number of hydrogen-bond donors (Lipinski definition) is 1. The van der Waals surface area contributed by atoms with E-state index >= 15 is 0 Å². The van der Waals surface area contributed by atoms with Gasteiger partial charge < -0.3 is 10.0 Å². The molecule has 1 saturated heterocycles. The summed E-state index contributed by atoms with van der Waals surface area (Å²) in [5.74, 6) is -1.53. The normalized spacial score (nSPS) is 29.0. The Labute approximate surface area is 89.3 Å². The third-order valence-electron chi connectivity index (χ3n) is 3.64. The molecule has 0 radical (unpaired) electrons. The lowest BCUT2D eigenvalue weighted by Crippen LogP contribution is -2.50. The molecule has 2 fully saturated rings. The molecule has 0 unspecified atom stereocenters. The largest absolute Gasteiger partial charge is 0.396 e. The van der Waals surface area contributed by atoms with Crippen LogP contribution >= 0.6 is 0 Å². The van der Waals surface area contributed by atoms with Gasteiger partial charge in [0, 0.05) is 45.0 Å². The van der Waals surface area contributed by atoms with Crippen molar-refractivity contribution in [2.45, 2.75) is 31.6 Å². The molecule has 0 aromatic rings. The van der Waals surface area contributed by atoms with Crippen LogP contribution in [0.3, 0.4) is 0 Å². The van der Waals surface area contributed by atoms with Crippen LogP contribution in [0, 0.1) is 11.8 Å². The van der Waals surface area contributed by atoms with E-state index in [1.807, 2.05) is 0 Å². The average Bonchev–Trinajstić information content (AvgIpc) is 2.13. The van der Waals surface area contributed by atoms with Crippen molar-refractivity contribution in [3.05, 3.63) is 0 Å². The molecule has 4 heteroatoms. The number of likely N-dealkylation sites (tertiary alicyclic amines) is 1. The minimum atomic E-state index is -2.40. The molecule has 15 heavy (non-hydrogen) atoms. The van der Waals surface area contributed by atoms with Crippen LogP contribution in [0.2, 0.25) is 0 Å². The van der Waals surface area contributed by atoms with Crippen molar-refractivity contribution in [3.63, 3.8) is 0 Å². The smallest absolute Gasteiger partial charge is 0.248 e. The van der Waals surface area contributed by atoms with Crippen LogP contribution in [0.1, 0.15) is 25.7 Å². The highest BCUT2D eigenvalue weighted by atomic mass is 19.3. The molecule has 0 aromatic heterocycles. The Bertz CT molecular complexity index is 207. The maximum atomic E-state index is 12.9. The predicted octanol–water partition coefficient (Wildman–Crippen LogP) is 1.74. The first-order valence-electron chi connectivity index (χ1n) is 5.80. The van der Waals surface area contributed by atoms with Gasteiger partial charge in [-0.15, -0.1) is 0 Å². The van der Waals surface area contributed by atoms with Crippen LogP contribution in [0.4, 0.5) is 8.78 Å². The molecular weight excluding hydrogens is 200 g/mol. The van der Waals surface area contributed by atoms with E-state index in [4.69, 9.17) is 5.11 Å². The highest BCUT2D eigenvalue weighted by molar-refractivity contribution is 4.84. The van der Waals surface area contributed by atoms with Crippen LogP contribution < -0.4 is 0 Å². The molecule has 0 spiro atoms. The first kappa shape index (κ1) is 11.3. The van der Waals surface area contributed by atoms with Crippen molar-refractivity contribution in [3.8, 4) is 0 Å². The number of halogens is 2. The first-order chi connectivity index (χ1) is 7.09. The third kappa shape index (κ3) is 2.88. The Hall–Kier alpha value is -0.220. The second kappa shape index (κ2) is 4.34. The Morgan fingerprint density at radius 2 is 1.73 bits per heavy atom. The number of rotatable bonds is 3. The molecule has 0 atom stereocenters. The second-order valence-corrected chi connectivity index (χ2v) is 5.07. The number of nitrogens with zero attached hydrogens (tertiary/aromatic N) is 1. The van der Waals surface area contributed by atoms with Crippen molar-refractivity contribution in [1.82, 2.24) is 4.90 Å². The van der Waals surface area contributed by atoms with E-state index in [1.54, 1.807) is 0 Å². The van der Waals surface area contributed by atoms with E-state index in [9.17, 15) is 8.78 Å². The van der Waals surface area contributed by atoms with Crippen molar-refractivity contribution in [2.24, 2.45) is 11.8 Å². The molecular formula is C11H19F2NO. The summed E-state index contributed by atoms with van der Waals surface area (Å²) < 4.78 is 25.8. The molecule has 1 aliphatic heterocycles. The van der Waals surface area contributed by atoms with Gasteiger partial charge in [-0.3, -0.25) is 0 Å². The van der Waals surface area contributed by atoms with Gasteiger partial charge in [0.1, 0.15) is 0 Å². The zero-order valence-electron chi connectivity index (χ0n) is 8.96. The van der Waals surface area contributed by atoms with Gasteiger partial charge in [0.05, 0.1) is 0 Å². The van der Waals surface area contributed by atoms with Gasteiger partial charge in [-0.2, -0.15) is 0 Å². The maximum absolute atomic E-state index is 12.9. The number of alkyl halides is 2. The molecule has 0 aromatic carbocycles. The Morgan fingerprint density at radius 3 is 2.27 bits per heavy atom. The van der Waals surface area contributed by atoms with Crippen LogP contribution in [0.5, 0.6) is 0 Å². The summed E-state index contributed by atoms with van der Waals surface area (Å²) in [7, 11) is 0. The zero-order chi connectivity index (χ0) is 10.9. The molecule has 0 bridgehead atoms. The van der Waals surface area contributed by atoms with Gasteiger partial charge >= 0.3 is 0 Å². The summed E-state index contributed by atoms with van der Waals surface area (Å²) in [6.07, 6.45) is 1.45. The second-order valence-electron chi connectivity index (χ2n) is 5.07. The lowest BCUT2D eigenvalue weighted by molar-refractivity contribution is -0.0543. The van der Waals surface area contributed by atoms with Gasteiger partial charge in [-0.25, -0.2) is 8.78 Å². The third-order valence-corrected chi connectivity index (χ3v) is 3.64. The molecule has 2 aliphatic rings. The fourth-order valence-electron chi connectivity index (χ4n) is 2.59. The van der Waals surface area contributed by atoms with Gasteiger partial charge in [-0.1, -0.05) is 0 Å². The Kier molecular flexibility index (Phi) is 3.26. The Morgan fingerprint density at radius 1 is 1.13 bits per heavy atom. The highest BCUT2D eigenvalue weighted by Crippen LogP contribution is 2.36. The fraction of sp³-hybridized carbons (Fsp3) is 1.00. The minimum Gasteiger partial charge on any atom is -0.396 e. The monoisotopic (exact) mass is 219 g/mol. The molecule has 1 aliphatic carbocycles. The van der Waals surface area contributed by atoms with Gasteiger partial charge in [0.15, 0.2) is 0 Å². The van der Waals surface area contributed by atoms with E-state index in [2.05, 4.69) is 4.90 Å². The minimum absolute atomic E-state index is 0.0644. The number of aliphatic hydroxyl groups excluding tert-OH is 1. The quantitative estimate of drug-likeness (QED) is 0.781. The molecule has 1 heterocycles. The SMILES string of the molecule is OCC1CN(CC2CCC(F)(F)CC2)C1. The standard InChI is InChI=1S/C11H19F2NO/c12-11(13)3-1-9(2-4-11)5-14-6-10(7-14)8-15/h9-10,15H,1-8H2. The van der Waals surface area contributed by atoms with Gasteiger partial charge in [0.25, 0.3) is 0 Å². The van der Waals surface area contributed by atoms with Crippen LogP contribution in [-0.4, -0.2) is 42.2 Å². The fourth-order valence-corrected chi connectivity index (χ4v) is 2.59. The van der Waals surface area contributed by atoms with Crippen molar-refractivity contribution >= 4 is 0 Å². The molecule has 1 N–H and O–H groups in total. The van der Waals surface area contributed by atoms with Crippen LogP contribution in [-0.2, 0) is 0 Å². The summed E-state index contributed by atoms with van der Waals surface area (Å²) >= 11 is 0. The summed E-state index contributed by atoms with van der Waals surface area (Å²) in [6.45, 7) is 3.11. The van der Waals surface area contributed by atoms with E-state index in [1.165, 1.54) is 0 Å². The summed E-state index contributed by atoms with van der Waals surface area (Å²) in [5, 5.41) is 8.85. The van der Waals surface area contributed by atoms with Crippen molar-refractivity contribution in [2.75, 3.05) is 26.2 Å². The lowest BCUT2D eigenvalue weighted by atomic mass is 9.85. The van der Waals surface area contributed by atoms with Crippen molar-refractivity contribution < 1.29 is 13.9 Å². The van der Waals surface area contributed by atoms with Gasteiger partial charge in [0.2, 0.25) is 5.92 Å². The van der Waals surface area contributed by atoms with Crippen LogP contribution in [0.25, 0.3) is 0 Å².